The molecule has 3 heterocycles. The number of benzene rings is 2. The molecule has 4 aromatic rings. The van der Waals surface area contributed by atoms with Crippen molar-refractivity contribution in [2.45, 2.75) is 32.0 Å². The van der Waals surface area contributed by atoms with E-state index in [0.29, 0.717) is 40.6 Å². The van der Waals surface area contributed by atoms with Gasteiger partial charge in [-0.05, 0) is 43.2 Å². The Kier molecular flexibility index (Phi) is 6.44. The fourth-order valence-corrected chi connectivity index (χ4v) is 6.25. The molecule has 35 heavy (non-hydrogen) atoms. The largest absolute Gasteiger partial charge is 0.337 e. The molecule has 2 aromatic heterocycles. The van der Waals surface area contributed by atoms with Gasteiger partial charge < -0.3 is 10.2 Å². The van der Waals surface area contributed by atoms with Crippen LogP contribution in [-0.2, 0) is 22.6 Å². The van der Waals surface area contributed by atoms with E-state index >= 15 is 0 Å². The number of fused-ring (bicyclic) bond motifs is 3. The summed E-state index contributed by atoms with van der Waals surface area (Å²) < 4.78 is 1.59. The molecule has 0 fully saturated rings. The first-order chi connectivity index (χ1) is 16.9. The zero-order chi connectivity index (χ0) is 24.5. The van der Waals surface area contributed by atoms with E-state index in [1.54, 1.807) is 16.4 Å². The molecule has 7 nitrogen and oxygen atoms in total. The number of nitrogens with one attached hydrogen (secondary N) is 1. The number of anilines is 1. The van der Waals surface area contributed by atoms with Crippen LogP contribution in [0.1, 0.15) is 22.9 Å². The van der Waals surface area contributed by atoms with Crippen LogP contribution in [-0.4, -0.2) is 38.6 Å². The Morgan fingerprint density at radius 1 is 1.11 bits per heavy atom. The van der Waals surface area contributed by atoms with E-state index in [9.17, 15) is 14.4 Å². The van der Waals surface area contributed by atoms with E-state index in [1.165, 1.54) is 23.1 Å². The number of thioether (sulfide) groups is 1. The minimum absolute atomic E-state index is 0.0265. The van der Waals surface area contributed by atoms with Crippen molar-refractivity contribution >= 4 is 50.8 Å². The molecule has 1 N–H and O–H groups in total. The third-order valence-electron chi connectivity index (χ3n) is 5.97. The van der Waals surface area contributed by atoms with Gasteiger partial charge in [-0.25, -0.2) is 4.98 Å². The average molecular weight is 505 g/mol. The first-order valence-electron chi connectivity index (χ1n) is 11.3. The number of carbonyl (C=O) groups is 2. The number of nitrogens with zero attached hydrogens (tertiary/aromatic N) is 3. The van der Waals surface area contributed by atoms with Crippen molar-refractivity contribution in [1.29, 1.82) is 0 Å². The summed E-state index contributed by atoms with van der Waals surface area (Å²) in [5, 5.41) is 3.98. The molecule has 0 spiro atoms. The van der Waals surface area contributed by atoms with Crippen molar-refractivity contribution in [2.75, 3.05) is 17.6 Å². The van der Waals surface area contributed by atoms with Gasteiger partial charge in [0.2, 0.25) is 11.8 Å². The van der Waals surface area contributed by atoms with Crippen molar-refractivity contribution < 1.29 is 9.59 Å². The highest BCUT2D eigenvalue weighted by molar-refractivity contribution is 7.99. The van der Waals surface area contributed by atoms with Crippen LogP contribution in [0.5, 0.6) is 0 Å². The molecule has 0 unspecified atom stereocenters. The summed E-state index contributed by atoms with van der Waals surface area (Å²) in [6.45, 7) is 4.65. The Morgan fingerprint density at radius 2 is 1.86 bits per heavy atom. The van der Waals surface area contributed by atoms with Gasteiger partial charge in [0.15, 0.2) is 5.16 Å². The molecule has 0 radical (unpaired) electrons. The highest BCUT2D eigenvalue weighted by Crippen LogP contribution is 2.34. The zero-order valence-electron chi connectivity index (χ0n) is 19.4. The maximum absolute atomic E-state index is 13.8. The molecule has 1 aliphatic rings. The second kappa shape index (κ2) is 9.67. The molecule has 1 aliphatic heterocycles. The molecule has 2 aromatic carbocycles. The lowest BCUT2D eigenvalue weighted by Crippen LogP contribution is -2.34. The topological polar surface area (TPSA) is 84.3 Å². The average Bonchev–Trinajstić information content (AvgIpc) is 3.22. The zero-order valence-corrected chi connectivity index (χ0v) is 21.0. The van der Waals surface area contributed by atoms with E-state index < -0.39 is 0 Å². The lowest BCUT2D eigenvalue weighted by atomic mass is 10.1. The molecule has 178 valence electrons. The molecular weight excluding hydrogens is 480 g/mol. The summed E-state index contributed by atoms with van der Waals surface area (Å²) in [7, 11) is 0. The van der Waals surface area contributed by atoms with Crippen LogP contribution in [0.25, 0.3) is 15.9 Å². The standard InChI is InChI=1S/C26H24N4O3S2/c1-16-8-10-18(11-9-16)27-22(32)15-34-26-28-24-23(25(33)30(26)19-6-4-3-5-7-19)20-12-13-29(17(2)31)14-21(20)35-24/h3-11H,12-15H2,1-2H3,(H,27,32). The monoisotopic (exact) mass is 504 g/mol. The third-order valence-corrected chi connectivity index (χ3v) is 8.02. The highest BCUT2D eigenvalue weighted by atomic mass is 32.2. The molecule has 2 amide bonds. The van der Waals surface area contributed by atoms with Gasteiger partial charge in [0, 0.05) is 24.0 Å². The van der Waals surface area contributed by atoms with Crippen molar-refractivity contribution in [1.82, 2.24) is 14.5 Å². The van der Waals surface area contributed by atoms with Crippen molar-refractivity contribution in [3.05, 3.63) is 81.0 Å². The van der Waals surface area contributed by atoms with Crippen LogP contribution >= 0.6 is 23.1 Å². The van der Waals surface area contributed by atoms with E-state index in [2.05, 4.69) is 5.32 Å². The van der Waals surface area contributed by atoms with Crippen LogP contribution in [0.2, 0.25) is 0 Å². The Morgan fingerprint density at radius 3 is 2.57 bits per heavy atom. The smallest absolute Gasteiger partial charge is 0.267 e. The Bertz CT molecular complexity index is 1480. The summed E-state index contributed by atoms with van der Waals surface area (Å²) in [6.07, 6.45) is 0.631. The van der Waals surface area contributed by atoms with Crippen molar-refractivity contribution in [3.8, 4) is 5.69 Å². The predicted molar refractivity (Wildman–Crippen MR) is 141 cm³/mol. The molecule has 0 saturated carbocycles. The Balaban J connectivity index is 1.51. The minimum atomic E-state index is -0.171. The van der Waals surface area contributed by atoms with Crippen LogP contribution < -0.4 is 10.9 Å². The fourth-order valence-electron chi connectivity index (χ4n) is 4.16. The van der Waals surface area contributed by atoms with Gasteiger partial charge in [0.25, 0.3) is 5.56 Å². The van der Waals surface area contributed by atoms with E-state index in [0.717, 1.165) is 21.7 Å². The quantitative estimate of drug-likeness (QED) is 0.322. The Hall–Kier alpha value is -3.43. The lowest BCUT2D eigenvalue weighted by Gasteiger charge is -2.25. The van der Waals surface area contributed by atoms with Gasteiger partial charge in [-0.1, -0.05) is 47.7 Å². The molecule has 0 bridgehead atoms. The van der Waals surface area contributed by atoms with Crippen molar-refractivity contribution in [3.63, 3.8) is 0 Å². The van der Waals surface area contributed by atoms with Gasteiger partial charge >= 0.3 is 0 Å². The predicted octanol–water partition coefficient (Wildman–Crippen LogP) is 4.39. The van der Waals surface area contributed by atoms with Gasteiger partial charge in [0.1, 0.15) is 4.83 Å². The number of rotatable bonds is 5. The van der Waals surface area contributed by atoms with Gasteiger partial charge in [-0.2, -0.15) is 0 Å². The van der Waals surface area contributed by atoms with Crippen molar-refractivity contribution in [2.24, 2.45) is 0 Å². The van der Waals surface area contributed by atoms with E-state index in [1.807, 2.05) is 61.5 Å². The van der Waals surface area contributed by atoms with Crippen LogP contribution in [0, 0.1) is 6.92 Å². The van der Waals surface area contributed by atoms with Crippen LogP contribution in [0.4, 0.5) is 5.69 Å². The number of hydrogen-bond donors (Lipinski definition) is 1. The summed E-state index contributed by atoms with van der Waals surface area (Å²) in [6, 6.07) is 17.0. The number of amides is 2. The van der Waals surface area contributed by atoms with Crippen LogP contribution in [0.15, 0.2) is 64.5 Å². The molecule has 0 saturated heterocycles. The maximum atomic E-state index is 13.8. The second-order valence-electron chi connectivity index (χ2n) is 8.45. The maximum Gasteiger partial charge on any atom is 0.267 e. The van der Waals surface area contributed by atoms with E-state index in [4.69, 9.17) is 4.98 Å². The van der Waals surface area contributed by atoms with Gasteiger partial charge in [-0.3, -0.25) is 19.0 Å². The summed E-state index contributed by atoms with van der Waals surface area (Å²) >= 11 is 2.69. The number of thiophene rings is 1. The summed E-state index contributed by atoms with van der Waals surface area (Å²) in [4.78, 5) is 46.6. The molecule has 0 aliphatic carbocycles. The highest BCUT2D eigenvalue weighted by Gasteiger charge is 2.26. The number of para-hydroxylation sites is 1. The number of aryl methyl sites for hydroxylation is 1. The Labute approximate surface area is 210 Å². The number of hydrogen-bond acceptors (Lipinski definition) is 6. The molecule has 9 heteroatoms. The minimum Gasteiger partial charge on any atom is -0.337 e. The molecular formula is C26H24N4O3S2. The first-order valence-corrected chi connectivity index (χ1v) is 13.1. The second-order valence-corrected chi connectivity index (χ2v) is 10.5. The molecule has 5 rings (SSSR count). The first kappa shape index (κ1) is 23.3. The van der Waals surface area contributed by atoms with Gasteiger partial charge in [-0.15, -0.1) is 11.3 Å². The summed E-state index contributed by atoms with van der Waals surface area (Å²) in [5.74, 6) is -0.0315. The third kappa shape index (κ3) is 4.74. The number of carbonyl (C=O) groups excluding carboxylic acids is 2. The fraction of sp³-hybridized carbons (Fsp3) is 0.231. The number of aromatic nitrogens is 2. The lowest BCUT2D eigenvalue weighted by molar-refractivity contribution is -0.129. The van der Waals surface area contributed by atoms with Crippen LogP contribution in [0.3, 0.4) is 0 Å². The van der Waals surface area contributed by atoms with Gasteiger partial charge in [0.05, 0.1) is 23.4 Å². The SMILES string of the molecule is CC(=O)N1CCc2c(sc3nc(SCC(=O)Nc4ccc(C)cc4)n(-c4ccccc4)c(=O)c23)C1. The molecule has 0 atom stereocenters. The normalized spacial score (nSPS) is 13.0. The van der Waals surface area contributed by atoms with E-state index in [-0.39, 0.29) is 23.1 Å². The summed E-state index contributed by atoms with van der Waals surface area (Å²) in [5.41, 5.74) is 3.39.